The first-order valence-corrected chi connectivity index (χ1v) is 7.47. The first-order chi connectivity index (χ1) is 10.3. The van der Waals surface area contributed by atoms with E-state index in [0.29, 0.717) is 13.0 Å². The summed E-state index contributed by atoms with van der Waals surface area (Å²) in [6.07, 6.45) is 0.504. The SMILES string of the molecule is Cc1c(CCC(=O)O)nnn1Cc1ccc(C(C)(C)C)cc1. The minimum absolute atomic E-state index is 0.0831. The molecule has 0 unspecified atom stereocenters. The lowest BCUT2D eigenvalue weighted by Gasteiger charge is -2.19. The highest BCUT2D eigenvalue weighted by Crippen LogP contribution is 2.22. The van der Waals surface area contributed by atoms with Gasteiger partial charge in [-0.15, -0.1) is 5.10 Å². The van der Waals surface area contributed by atoms with E-state index in [9.17, 15) is 4.79 Å². The molecule has 0 saturated carbocycles. The minimum Gasteiger partial charge on any atom is -0.481 e. The third-order valence-electron chi connectivity index (χ3n) is 3.81. The average molecular weight is 301 g/mol. The molecule has 0 aliphatic carbocycles. The molecular formula is C17H23N3O2. The van der Waals surface area contributed by atoms with E-state index in [1.165, 1.54) is 5.56 Å². The molecular weight excluding hydrogens is 278 g/mol. The van der Waals surface area contributed by atoms with Crippen molar-refractivity contribution >= 4 is 5.97 Å². The second kappa shape index (κ2) is 6.30. The molecule has 22 heavy (non-hydrogen) atoms. The molecule has 0 aliphatic heterocycles. The molecule has 0 atom stereocenters. The van der Waals surface area contributed by atoms with Crippen molar-refractivity contribution in [2.24, 2.45) is 0 Å². The standard InChI is InChI=1S/C17H23N3O2/c1-12-15(9-10-16(21)22)18-19-20(12)11-13-5-7-14(8-6-13)17(2,3)4/h5-8H,9-11H2,1-4H3,(H,21,22). The van der Waals surface area contributed by atoms with Crippen molar-refractivity contribution in [1.29, 1.82) is 0 Å². The van der Waals surface area contributed by atoms with Crippen LogP contribution in [0, 0.1) is 6.92 Å². The highest BCUT2D eigenvalue weighted by atomic mass is 16.4. The number of aryl methyl sites for hydroxylation is 1. The third-order valence-corrected chi connectivity index (χ3v) is 3.81. The fourth-order valence-corrected chi connectivity index (χ4v) is 2.29. The summed E-state index contributed by atoms with van der Waals surface area (Å²) in [5.41, 5.74) is 4.29. The Balaban J connectivity index is 2.09. The van der Waals surface area contributed by atoms with E-state index >= 15 is 0 Å². The van der Waals surface area contributed by atoms with E-state index in [2.05, 4.69) is 55.3 Å². The number of aromatic nitrogens is 3. The Hall–Kier alpha value is -2.17. The van der Waals surface area contributed by atoms with Crippen molar-refractivity contribution in [2.45, 2.75) is 52.5 Å². The van der Waals surface area contributed by atoms with Crippen molar-refractivity contribution in [3.63, 3.8) is 0 Å². The van der Waals surface area contributed by atoms with Crippen molar-refractivity contribution in [3.8, 4) is 0 Å². The summed E-state index contributed by atoms with van der Waals surface area (Å²) in [6.45, 7) is 9.16. The van der Waals surface area contributed by atoms with Crippen LogP contribution in [-0.4, -0.2) is 26.1 Å². The van der Waals surface area contributed by atoms with Gasteiger partial charge in [0.2, 0.25) is 0 Å². The van der Waals surface area contributed by atoms with Gasteiger partial charge < -0.3 is 5.11 Å². The van der Waals surface area contributed by atoms with E-state index in [1.807, 2.05) is 11.6 Å². The Kier molecular flexibility index (Phi) is 4.64. The molecule has 5 nitrogen and oxygen atoms in total. The Morgan fingerprint density at radius 2 is 1.86 bits per heavy atom. The Morgan fingerprint density at radius 3 is 2.41 bits per heavy atom. The highest BCUT2D eigenvalue weighted by molar-refractivity contribution is 5.67. The molecule has 0 fully saturated rings. The molecule has 0 amide bonds. The number of carbonyl (C=O) groups is 1. The molecule has 1 aromatic carbocycles. The maximum absolute atomic E-state index is 10.6. The zero-order valence-corrected chi connectivity index (χ0v) is 13.6. The number of carboxylic acid groups (broad SMARTS) is 1. The van der Waals surface area contributed by atoms with Gasteiger partial charge in [-0.25, -0.2) is 4.68 Å². The predicted molar refractivity (Wildman–Crippen MR) is 85.0 cm³/mol. The smallest absolute Gasteiger partial charge is 0.303 e. The Morgan fingerprint density at radius 1 is 1.23 bits per heavy atom. The Bertz CT molecular complexity index is 652. The van der Waals surface area contributed by atoms with E-state index in [0.717, 1.165) is 17.0 Å². The molecule has 5 heteroatoms. The fourth-order valence-electron chi connectivity index (χ4n) is 2.29. The number of rotatable bonds is 5. The number of aliphatic carboxylic acids is 1. The van der Waals surface area contributed by atoms with E-state index in [1.54, 1.807) is 0 Å². The fraction of sp³-hybridized carbons (Fsp3) is 0.471. The number of benzene rings is 1. The maximum Gasteiger partial charge on any atom is 0.303 e. The minimum atomic E-state index is -0.813. The summed E-state index contributed by atoms with van der Waals surface area (Å²) in [4.78, 5) is 10.6. The summed E-state index contributed by atoms with van der Waals surface area (Å²) >= 11 is 0. The number of hydrogen-bond acceptors (Lipinski definition) is 3. The monoisotopic (exact) mass is 301 g/mol. The summed E-state index contributed by atoms with van der Waals surface area (Å²) in [6, 6.07) is 8.51. The second-order valence-electron chi connectivity index (χ2n) is 6.62. The van der Waals surface area contributed by atoms with E-state index in [-0.39, 0.29) is 11.8 Å². The van der Waals surface area contributed by atoms with Gasteiger partial charge in [0.05, 0.1) is 24.4 Å². The molecule has 0 radical (unpaired) electrons. The lowest BCUT2D eigenvalue weighted by Crippen LogP contribution is -2.11. The van der Waals surface area contributed by atoms with Gasteiger partial charge in [0.25, 0.3) is 0 Å². The van der Waals surface area contributed by atoms with Gasteiger partial charge in [-0.2, -0.15) is 0 Å². The van der Waals surface area contributed by atoms with Gasteiger partial charge in [0, 0.05) is 6.42 Å². The molecule has 2 rings (SSSR count). The normalized spacial score (nSPS) is 11.6. The molecule has 0 spiro atoms. The van der Waals surface area contributed by atoms with Crippen molar-refractivity contribution < 1.29 is 9.90 Å². The van der Waals surface area contributed by atoms with Gasteiger partial charge in [0.1, 0.15) is 0 Å². The third kappa shape index (κ3) is 3.93. The maximum atomic E-state index is 10.6. The summed E-state index contributed by atoms with van der Waals surface area (Å²) in [5, 5.41) is 17.0. The van der Waals surface area contributed by atoms with E-state index < -0.39 is 5.97 Å². The molecule has 0 saturated heterocycles. The van der Waals surface area contributed by atoms with Crippen LogP contribution in [0.25, 0.3) is 0 Å². The lowest BCUT2D eigenvalue weighted by molar-refractivity contribution is -0.136. The molecule has 1 N–H and O–H groups in total. The summed E-state index contributed by atoms with van der Waals surface area (Å²) < 4.78 is 1.82. The van der Waals surface area contributed by atoms with Crippen LogP contribution < -0.4 is 0 Å². The predicted octanol–water partition coefficient (Wildman–Crippen LogP) is 2.95. The van der Waals surface area contributed by atoms with Crippen LogP contribution in [0.5, 0.6) is 0 Å². The van der Waals surface area contributed by atoms with E-state index in [4.69, 9.17) is 5.11 Å². The largest absolute Gasteiger partial charge is 0.481 e. The number of carboxylic acids is 1. The van der Waals surface area contributed by atoms with Crippen molar-refractivity contribution in [2.75, 3.05) is 0 Å². The van der Waals surface area contributed by atoms with Gasteiger partial charge >= 0.3 is 5.97 Å². The molecule has 1 aromatic heterocycles. The number of hydrogen-bond donors (Lipinski definition) is 1. The van der Waals surface area contributed by atoms with Crippen LogP contribution in [-0.2, 0) is 23.2 Å². The summed E-state index contributed by atoms with van der Waals surface area (Å²) in [7, 11) is 0. The van der Waals surface area contributed by atoms with Gasteiger partial charge in [-0.05, 0) is 23.5 Å². The van der Waals surface area contributed by atoms with Crippen LogP contribution in [0.15, 0.2) is 24.3 Å². The van der Waals surface area contributed by atoms with Gasteiger partial charge in [-0.3, -0.25) is 4.79 Å². The molecule has 1 heterocycles. The molecule has 118 valence electrons. The van der Waals surface area contributed by atoms with Crippen molar-refractivity contribution in [1.82, 2.24) is 15.0 Å². The first kappa shape index (κ1) is 16.2. The van der Waals surface area contributed by atoms with Gasteiger partial charge in [0.15, 0.2) is 0 Å². The second-order valence-corrected chi connectivity index (χ2v) is 6.62. The topological polar surface area (TPSA) is 68.0 Å². The van der Waals surface area contributed by atoms with Crippen LogP contribution in [0.1, 0.15) is 49.7 Å². The lowest BCUT2D eigenvalue weighted by atomic mass is 9.87. The average Bonchev–Trinajstić information content (AvgIpc) is 2.77. The highest BCUT2D eigenvalue weighted by Gasteiger charge is 2.14. The zero-order chi connectivity index (χ0) is 16.3. The summed E-state index contributed by atoms with van der Waals surface area (Å²) in [5.74, 6) is -0.813. The molecule has 0 bridgehead atoms. The van der Waals surface area contributed by atoms with Crippen LogP contribution in [0.2, 0.25) is 0 Å². The van der Waals surface area contributed by atoms with Gasteiger partial charge in [-0.1, -0.05) is 50.3 Å². The van der Waals surface area contributed by atoms with Crippen LogP contribution >= 0.6 is 0 Å². The molecule has 2 aromatic rings. The van der Waals surface area contributed by atoms with Crippen LogP contribution in [0.4, 0.5) is 0 Å². The molecule has 0 aliphatic rings. The van der Waals surface area contributed by atoms with Crippen molar-refractivity contribution in [3.05, 3.63) is 46.8 Å². The first-order valence-electron chi connectivity index (χ1n) is 7.47. The number of nitrogens with zero attached hydrogens (tertiary/aromatic N) is 3. The quantitative estimate of drug-likeness (QED) is 0.922. The Labute approximate surface area is 131 Å². The zero-order valence-electron chi connectivity index (χ0n) is 13.6. The van der Waals surface area contributed by atoms with Crippen LogP contribution in [0.3, 0.4) is 0 Å².